The average molecular weight is 388 g/mol. The van der Waals surface area contributed by atoms with E-state index in [0.29, 0.717) is 0 Å². The van der Waals surface area contributed by atoms with E-state index in [1.165, 1.54) is 96.3 Å². The standard InChI is InChI=1S/C22H44O3P/c23-26(24,25)19-13-5-3-1-2-4-12-18-22(20-14-8-6-9-15-20)21-16-10-7-11-17-21/h20-25H,1-19H2/q+1. The Balaban J connectivity index is 1.58. The number of unbranched alkanes of at least 4 members (excludes halogenated alkanes) is 6. The number of rotatable bonds is 12. The van der Waals surface area contributed by atoms with Crippen molar-refractivity contribution >= 4 is 7.94 Å². The van der Waals surface area contributed by atoms with Crippen LogP contribution in [-0.4, -0.2) is 20.8 Å². The van der Waals surface area contributed by atoms with Crippen LogP contribution in [0.4, 0.5) is 0 Å². The van der Waals surface area contributed by atoms with Crippen LogP contribution in [0.15, 0.2) is 0 Å². The van der Waals surface area contributed by atoms with Gasteiger partial charge in [0.25, 0.3) is 0 Å². The first kappa shape index (κ1) is 22.6. The van der Waals surface area contributed by atoms with Gasteiger partial charge in [-0.2, -0.15) is 14.7 Å². The summed E-state index contributed by atoms with van der Waals surface area (Å²) in [4.78, 5) is 26.9. The molecule has 0 radical (unpaired) electrons. The molecule has 3 N–H and O–H groups in total. The molecule has 26 heavy (non-hydrogen) atoms. The molecule has 0 spiro atoms. The van der Waals surface area contributed by atoms with Crippen molar-refractivity contribution in [2.24, 2.45) is 17.8 Å². The third kappa shape index (κ3) is 9.49. The minimum absolute atomic E-state index is 0.178. The van der Waals surface area contributed by atoms with Gasteiger partial charge < -0.3 is 0 Å². The van der Waals surface area contributed by atoms with Gasteiger partial charge in [0.15, 0.2) is 0 Å². The lowest BCUT2D eigenvalue weighted by molar-refractivity contribution is 0.131. The molecule has 0 bridgehead atoms. The fourth-order valence-electron chi connectivity index (χ4n) is 5.57. The van der Waals surface area contributed by atoms with Gasteiger partial charge in [-0.1, -0.05) is 96.3 Å². The Morgan fingerprint density at radius 2 is 1.00 bits per heavy atom. The molecule has 0 heterocycles. The minimum Gasteiger partial charge on any atom is -0.193 e. The predicted molar refractivity (Wildman–Crippen MR) is 112 cm³/mol. The summed E-state index contributed by atoms with van der Waals surface area (Å²) in [5, 5.41) is 0. The molecule has 0 atom stereocenters. The molecule has 0 aliphatic heterocycles. The van der Waals surface area contributed by atoms with E-state index in [2.05, 4.69) is 0 Å². The van der Waals surface area contributed by atoms with E-state index in [1.807, 2.05) is 0 Å². The molecule has 0 aromatic carbocycles. The Bertz CT molecular complexity index is 326. The summed E-state index contributed by atoms with van der Waals surface area (Å²) in [7, 11) is -3.52. The summed E-state index contributed by atoms with van der Waals surface area (Å²) in [5.41, 5.74) is 0. The number of hydrogen-bond donors (Lipinski definition) is 3. The molecule has 2 saturated carbocycles. The van der Waals surface area contributed by atoms with Gasteiger partial charge in [-0.05, 0) is 37.0 Å². The summed E-state index contributed by atoms with van der Waals surface area (Å²) in [6.45, 7) is 0. The molecule has 0 saturated heterocycles. The van der Waals surface area contributed by atoms with E-state index in [1.54, 1.807) is 0 Å². The van der Waals surface area contributed by atoms with Crippen molar-refractivity contribution in [3.05, 3.63) is 0 Å². The molecule has 2 aliphatic rings. The van der Waals surface area contributed by atoms with Crippen LogP contribution in [0.2, 0.25) is 0 Å². The van der Waals surface area contributed by atoms with Crippen LogP contribution in [0, 0.1) is 17.8 Å². The second kappa shape index (κ2) is 12.7. The summed E-state index contributed by atoms with van der Waals surface area (Å²) >= 11 is 0. The van der Waals surface area contributed by atoms with Gasteiger partial charge in [-0.15, -0.1) is 0 Å². The van der Waals surface area contributed by atoms with Gasteiger partial charge in [0.05, 0.1) is 0 Å². The molecule has 4 heteroatoms. The molecule has 2 aliphatic carbocycles. The second-order valence-electron chi connectivity index (χ2n) is 9.14. The zero-order chi connectivity index (χ0) is 18.7. The molecule has 0 amide bonds. The van der Waals surface area contributed by atoms with Gasteiger partial charge >= 0.3 is 7.94 Å². The minimum atomic E-state index is -3.52. The van der Waals surface area contributed by atoms with Gasteiger partial charge in [-0.25, -0.2) is 0 Å². The molecule has 0 unspecified atom stereocenters. The Morgan fingerprint density at radius 3 is 1.46 bits per heavy atom. The van der Waals surface area contributed by atoms with Crippen molar-refractivity contribution in [1.82, 2.24) is 0 Å². The smallest absolute Gasteiger partial charge is 0.193 e. The Morgan fingerprint density at radius 1 is 0.577 bits per heavy atom. The van der Waals surface area contributed by atoms with Crippen molar-refractivity contribution in [3.63, 3.8) is 0 Å². The molecule has 0 aromatic heterocycles. The Hall–Kier alpha value is 0.310. The topological polar surface area (TPSA) is 60.7 Å². The molecular weight excluding hydrogens is 343 g/mol. The maximum Gasteiger partial charge on any atom is 0.403 e. The van der Waals surface area contributed by atoms with Crippen molar-refractivity contribution in [2.75, 3.05) is 6.16 Å². The fraction of sp³-hybridized carbons (Fsp3) is 1.00. The summed E-state index contributed by atoms with van der Waals surface area (Å²) in [6, 6.07) is 0. The largest absolute Gasteiger partial charge is 0.403 e. The van der Waals surface area contributed by atoms with Gasteiger partial charge in [0, 0.05) is 0 Å². The van der Waals surface area contributed by atoms with E-state index >= 15 is 0 Å². The quantitative estimate of drug-likeness (QED) is 0.260. The third-order valence-electron chi connectivity index (χ3n) is 7.01. The van der Waals surface area contributed by atoms with Crippen LogP contribution in [0.5, 0.6) is 0 Å². The Labute approximate surface area is 162 Å². The zero-order valence-corrected chi connectivity index (χ0v) is 17.9. The van der Waals surface area contributed by atoms with E-state index in [4.69, 9.17) is 14.7 Å². The number of hydrogen-bond acceptors (Lipinski definition) is 3. The molecular formula is C22H44O3P+. The highest BCUT2D eigenvalue weighted by atomic mass is 31.2. The van der Waals surface area contributed by atoms with E-state index in [-0.39, 0.29) is 6.16 Å². The van der Waals surface area contributed by atoms with Crippen molar-refractivity contribution in [2.45, 2.75) is 116 Å². The molecule has 3 nitrogen and oxygen atoms in total. The lowest BCUT2D eigenvalue weighted by atomic mass is 9.68. The van der Waals surface area contributed by atoms with Crippen LogP contribution in [0.3, 0.4) is 0 Å². The lowest BCUT2D eigenvalue weighted by Gasteiger charge is -2.38. The average Bonchev–Trinajstić information content (AvgIpc) is 2.64. The van der Waals surface area contributed by atoms with E-state index < -0.39 is 7.94 Å². The molecule has 0 aromatic rings. The van der Waals surface area contributed by atoms with Gasteiger partial charge in [0.1, 0.15) is 6.16 Å². The third-order valence-corrected chi connectivity index (χ3v) is 7.92. The van der Waals surface area contributed by atoms with E-state index in [0.717, 1.165) is 37.0 Å². The van der Waals surface area contributed by atoms with Crippen molar-refractivity contribution in [1.29, 1.82) is 0 Å². The lowest BCUT2D eigenvalue weighted by Crippen LogP contribution is -2.27. The van der Waals surface area contributed by atoms with Crippen LogP contribution < -0.4 is 0 Å². The van der Waals surface area contributed by atoms with Gasteiger partial charge in [-0.3, -0.25) is 0 Å². The summed E-state index contributed by atoms with van der Waals surface area (Å²) in [6.07, 6.45) is 24.8. The highest BCUT2D eigenvalue weighted by Crippen LogP contribution is 2.45. The van der Waals surface area contributed by atoms with Crippen LogP contribution in [0.1, 0.15) is 116 Å². The fourth-order valence-corrected chi connectivity index (χ4v) is 6.22. The van der Waals surface area contributed by atoms with Gasteiger partial charge in [0.2, 0.25) is 0 Å². The predicted octanol–water partition coefficient (Wildman–Crippen LogP) is 6.62. The summed E-state index contributed by atoms with van der Waals surface area (Å²) in [5.74, 6) is 3.09. The zero-order valence-electron chi connectivity index (χ0n) is 17.0. The summed E-state index contributed by atoms with van der Waals surface area (Å²) < 4.78 is 0. The molecule has 2 rings (SSSR count). The molecule has 154 valence electrons. The normalized spacial score (nSPS) is 20.8. The van der Waals surface area contributed by atoms with Crippen molar-refractivity contribution in [3.8, 4) is 0 Å². The van der Waals surface area contributed by atoms with E-state index in [9.17, 15) is 0 Å². The first-order valence-corrected chi connectivity index (χ1v) is 13.5. The van der Waals surface area contributed by atoms with Crippen molar-refractivity contribution < 1.29 is 14.7 Å². The highest BCUT2D eigenvalue weighted by Gasteiger charge is 2.31. The first-order valence-electron chi connectivity index (χ1n) is 11.6. The monoisotopic (exact) mass is 387 g/mol. The molecule has 2 fully saturated rings. The van der Waals surface area contributed by atoms with Crippen LogP contribution in [0.25, 0.3) is 0 Å². The Kier molecular flexibility index (Phi) is 11.0. The van der Waals surface area contributed by atoms with Crippen LogP contribution in [-0.2, 0) is 0 Å². The SMILES string of the molecule is O[P+](O)(O)CCCCCCCCCC(C1CCCCC1)C1CCCCC1. The highest BCUT2D eigenvalue weighted by molar-refractivity contribution is 7.58. The maximum atomic E-state index is 8.98. The second-order valence-corrected chi connectivity index (χ2v) is 11.0. The first-order chi connectivity index (χ1) is 12.6. The maximum absolute atomic E-state index is 8.98. The van der Waals surface area contributed by atoms with Crippen LogP contribution >= 0.6 is 7.94 Å².